The summed E-state index contributed by atoms with van der Waals surface area (Å²) in [6.45, 7) is -0.0556. The van der Waals surface area contributed by atoms with Gasteiger partial charge in [-0.1, -0.05) is 18.9 Å². The molecule has 0 spiro atoms. The van der Waals surface area contributed by atoms with Crippen LogP contribution in [0.2, 0.25) is 0 Å². The van der Waals surface area contributed by atoms with E-state index in [0.717, 1.165) is 25.7 Å². The highest BCUT2D eigenvalue weighted by Crippen LogP contribution is 2.18. The van der Waals surface area contributed by atoms with Crippen LogP contribution in [0.5, 0.6) is 0 Å². The number of carbonyl (C=O) groups is 2. The number of hydrogen-bond acceptors (Lipinski definition) is 4. The summed E-state index contributed by atoms with van der Waals surface area (Å²) in [7, 11) is 0. The Balaban J connectivity index is 1.74. The first-order chi connectivity index (χ1) is 9.16. The molecule has 0 aromatic carbocycles. The summed E-state index contributed by atoms with van der Waals surface area (Å²) in [5, 5.41) is 16.9. The van der Waals surface area contributed by atoms with Crippen LogP contribution in [0.15, 0.2) is 17.5 Å². The van der Waals surface area contributed by atoms with E-state index in [2.05, 4.69) is 10.6 Å². The van der Waals surface area contributed by atoms with Gasteiger partial charge in [-0.2, -0.15) is 0 Å². The molecule has 5 nitrogen and oxygen atoms in total. The van der Waals surface area contributed by atoms with Gasteiger partial charge in [-0.25, -0.2) is 0 Å². The largest absolute Gasteiger partial charge is 0.391 e. The molecule has 0 aliphatic heterocycles. The van der Waals surface area contributed by atoms with Gasteiger partial charge in [0.15, 0.2) is 0 Å². The second-order valence-electron chi connectivity index (χ2n) is 4.69. The highest BCUT2D eigenvalue weighted by Gasteiger charge is 2.24. The van der Waals surface area contributed by atoms with Gasteiger partial charge in [-0.05, 0) is 24.3 Å². The van der Waals surface area contributed by atoms with Crippen molar-refractivity contribution in [3.8, 4) is 0 Å². The van der Waals surface area contributed by atoms with Crippen molar-refractivity contribution in [2.45, 2.75) is 37.8 Å². The van der Waals surface area contributed by atoms with Crippen molar-refractivity contribution < 1.29 is 14.7 Å². The molecule has 1 aromatic heterocycles. The van der Waals surface area contributed by atoms with Gasteiger partial charge < -0.3 is 15.7 Å². The predicted molar refractivity (Wildman–Crippen MR) is 73.1 cm³/mol. The van der Waals surface area contributed by atoms with E-state index < -0.39 is 6.10 Å². The zero-order valence-electron chi connectivity index (χ0n) is 10.6. The minimum Gasteiger partial charge on any atom is -0.391 e. The van der Waals surface area contributed by atoms with E-state index in [9.17, 15) is 14.7 Å². The van der Waals surface area contributed by atoms with Gasteiger partial charge in [0.25, 0.3) is 5.91 Å². The van der Waals surface area contributed by atoms with Crippen LogP contribution in [0.1, 0.15) is 35.4 Å². The van der Waals surface area contributed by atoms with Gasteiger partial charge in [0, 0.05) is 0 Å². The maximum Gasteiger partial charge on any atom is 0.261 e. The summed E-state index contributed by atoms with van der Waals surface area (Å²) >= 11 is 1.34. The van der Waals surface area contributed by atoms with Gasteiger partial charge in [0.05, 0.1) is 23.6 Å². The van der Waals surface area contributed by atoms with Crippen LogP contribution in [0.4, 0.5) is 0 Å². The minimum absolute atomic E-state index is 0.0556. The highest BCUT2D eigenvalue weighted by molar-refractivity contribution is 7.12. The second-order valence-corrected chi connectivity index (χ2v) is 5.63. The summed E-state index contributed by atoms with van der Waals surface area (Å²) < 4.78 is 0. The topological polar surface area (TPSA) is 78.4 Å². The van der Waals surface area contributed by atoms with Crippen LogP contribution < -0.4 is 10.6 Å². The lowest BCUT2D eigenvalue weighted by molar-refractivity contribution is -0.122. The lowest BCUT2D eigenvalue weighted by Crippen LogP contribution is -2.48. The molecule has 6 heteroatoms. The molecule has 2 atom stereocenters. The third kappa shape index (κ3) is 4.04. The summed E-state index contributed by atoms with van der Waals surface area (Å²) in [6, 6.07) is 3.32. The molecule has 0 saturated heterocycles. The predicted octanol–water partition coefficient (Wildman–Crippen LogP) is 0.898. The van der Waals surface area contributed by atoms with Gasteiger partial charge in [0.1, 0.15) is 0 Å². The van der Waals surface area contributed by atoms with Crippen molar-refractivity contribution in [3.63, 3.8) is 0 Å². The molecule has 1 heterocycles. The Bertz CT molecular complexity index is 433. The first-order valence-corrected chi connectivity index (χ1v) is 7.34. The molecule has 1 aromatic rings. The maximum atomic E-state index is 11.7. The summed E-state index contributed by atoms with van der Waals surface area (Å²) in [4.78, 5) is 23.9. The van der Waals surface area contributed by atoms with Crippen molar-refractivity contribution in [3.05, 3.63) is 22.4 Å². The lowest BCUT2D eigenvalue weighted by Gasteiger charge is -2.28. The standard InChI is InChI=1S/C13H18N2O3S/c16-10-5-2-1-4-9(10)15-12(17)8-14-13(18)11-6-3-7-19-11/h3,6-7,9-10,16H,1-2,4-5,8H2,(H,14,18)(H,15,17)/t9-,10-/m1/s1. The fraction of sp³-hybridized carbons (Fsp3) is 0.538. The Morgan fingerprint density at radius 1 is 1.37 bits per heavy atom. The Morgan fingerprint density at radius 2 is 2.16 bits per heavy atom. The van der Waals surface area contributed by atoms with Crippen molar-refractivity contribution in [1.29, 1.82) is 0 Å². The van der Waals surface area contributed by atoms with Gasteiger partial charge in [-0.15, -0.1) is 11.3 Å². The number of amides is 2. The molecule has 3 N–H and O–H groups in total. The second kappa shape index (κ2) is 6.68. The van der Waals surface area contributed by atoms with E-state index in [1.54, 1.807) is 12.1 Å². The van der Waals surface area contributed by atoms with Crippen LogP contribution in [0, 0.1) is 0 Å². The summed E-state index contributed by atoms with van der Waals surface area (Å²) in [5.41, 5.74) is 0. The summed E-state index contributed by atoms with van der Waals surface area (Å²) in [6.07, 6.45) is 3.08. The van der Waals surface area contributed by atoms with Crippen LogP contribution in [0.3, 0.4) is 0 Å². The van der Waals surface area contributed by atoms with Crippen molar-refractivity contribution in [2.24, 2.45) is 0 Å². The van der Waals surface area contributed by atoms with E-state index in [-0.39, 0.29) is 24.4 Å². The van der Waals surface area contributed by atoms with Crippen LogP contribution >= 0.6 is 11.3 Å². The molecule has 1 fully saturated rings. The number of hydrogen-bond donors (Lipinski definition) is 3. The van der Waals surface area contributed by atoms with Gasteiger partial charge in [0.2, 0.25) is 5.91 Å². The number of aliphatic hydroxyl groups is 1. The first kappa shape index (κ1) is 14.0. The minimum atomic E-state index is -0.467. The molecular formula is C13H18N2O3S. The van der Waals surface area contributed by atoms with E-state index in [1.807, 2.05) is 5.38 Å². The summed E-state index contributed by atoms with van der Waals surface area (Å²) in [5.74, 6) is -0.495. The number of carbonyl (C=O) groups excluding carboxylic acids is 2. The van der Waals surface area contributed by atoms with E-state index in [1.165, 1.54) is 11.3 Å². The molecule has 1 aliphatic carbocycles. The average molecular weight is 282 g/mol. The molecule has 2 rings (SSSR count). The van der Waals surface area contributed by atoms with Crippen molar-refractivity contribution >= 4 is 23.2 Å². The molecule has 0 radical (unpaired) electrons. The SMILES string of the molecule is O=C(CNC(=O)c1cccs1)N[C@@H]1CCCC[C@H]1O. The van der Waals surface area contributed by atoms with Gasteiger partial charge >= 0.3 is 0 Å². The van der Waals surface area contributed by atoms with Crippen LogP contribution in [0.25, 0.3) is 0 Å². The fourth-order valence-corrected chi connectivity index (χ4v) is 2.83. The molecule has 0 unspecified atom stereocenters. The maximum absolute atomic E-state index is 11.7. The molecular weight excluding hydrogens is 264 g/mol. The monoisotopic (exact) mass is 282 g/mol. The molecule has 19 heavy (non-hydrogen) atoms. The molecule has 104 valence electrons. The molecule has 0 bridgehead atoms. The van der Waals surface area contributed by atoms with Crippen molar-refractivity contribution in [1.82, 2.24) is 10.6 Å². The van der Waals surface area contributed by atoms with E-state index in [4.69, 9.17) is 0 Å². The Hall–Kier alpha value is -1.40. The number of nitrogens with one attached hydrogen (secondary N) is 2. The average Bonchev–Trinajstić information content (AvgIpc) is 2.93. The quantitative estimate of drug-likeness (QED) is 0.767. The Labute approximate surface area is 116 Å². The number of aliphatic hydroxyl groups excluding tert-OH is 1. The highest BCUT2D eigenvalue weighted by atomic mass is 32.1. The normalized spacial score (nSPS) is 22.8. The van der Waals surface area contributed by atoms with E-state index in [0.29, 0.717) is 4.88 Å². The van der Waals surface area contributed by atoms with E-state index >= 15 is 0 Å². The number of thiophene rings is 1. The zero-order valence-corrected chi connectivity index (χ0v) is 11.4. The van der Waals surface area contributed by atoms with Crippen LogP contribution in [-0.4, -0.2) is 35.6 Å². The molecule has 1 saturated carbocycles. The Morgan fingerprint density at radius 3 is 2.84 bits per heavy atom. The van der Waals surface area contributed by atoms with Crippen LogP contribution in [-0.2, 0) is 4.79 Å². The molecule has 1 aliphatic rings. The molecule has 2 amide bonds. The first-order valence-electron chi connectivity index (χ1n) is 6.46. The Kier molecular flexibility index (Phi) is 4.93. The fourth-order valence-electron chi connectivity index (χ4n) is 2.19. The third-order valence-corrected chi connectivity index (χ3v) is 4.10. The third-order valence-electron chi connectivity index (χ3n) is 3.23. The number of rotatable bonds is 4. The zero-order chi connectivity index (χ0) is 13.7. The smallest absolute Gasteiger partial charge is 0.261 e. The van der Waals surface area contributed by atoms with Crippen molar-refractivity contribution in [2.75, 3.05) is 6.54 Å². The van der Waals surface area contributed by atoms with Gasteiger partial charge in [-0.3, -0.25) is 9.59 Å². The lowest BCUT2D eigenvalue weighted by atomic mass is 9.92.